The molecule has 0 saturated carbocycles. The van der Waals surface area contributed by atoms with Crippen LogP contribution < -0.4 is 5.69 Å². The third kappa shape index (κ3) is 5.21. The van der Waals surface area contributed by atoms with Gasteiger partial charge in [-0.05, 0) is 59.0 Å². The van der Waals surface area contributed by atoms with Crippen LogP contribution in [0.25, 0.3) is 28.2 Å². The summed E-state index contributed by atoms with van der Waals surface area (Å²) in [5.74, 6) is 0.587. The van der Waals surface area contributed by atoms with Crippen LogP contribution in [0.2, 0.25) is 10.0 Å². The Bertz CT molecular complexity index is 1540. The van der Waals surface area contributed by atoms with E-state index >= 15 is 0 Å². The first-order valence-corrected chi connectivity index (χ1v) is 12.8. The molecule has 0 fully saturated rings. The van der Waals surface area contributed by atoms with Crippen molar-refractivity contribution in [3.8, 4) is 28.2 Å². The van der Waals surface area contributed by atoms with E-state index in [1.54, 1.807) is 35.2 Å². The molecule has 37 heavy (non-hydrogen) atoms. The number of nitrogens with one attached hydrogen (secondary N) is 1. The summed E-state index contributed by atoms with van der Waals surface area (Å²) < 4.78 is 3.40. The average molecular weight is 534 g/mol. The number of aryl methyl sites for hydroxylation is 2. The molecule has 0 unspecified atom stereocenters. The summed E-state index contributed by atoms with van der Waals surface area (Å²) in [7, 11) is 0. The zero-order chi connectivity index (χ0) is 25.8. The molecule has 0 aliphatic heterocycles. The molecule has 1 N–H and O–H groups in total. The topological polar surface area (TPSA) is 94.3 Å². The maximum absolute atomic E-state index is 13.5. The quantitative estimate of drug-likeness (QED) is 0.259. The smallest absolute Gasteiger partial charge is 0.296 e. The molecule has 8 nitrogen and oxygen atoms in total. The number of hydrogen-bond acceptors (Lipinski definition) is 5. The molecule has 3 aromatic heterocycles. The number of rotatable bonds is 9. The summed E-state index contributed by atoms with van der Waals surface area (Å²) in [5, 5.41) is 15.1. The number of unbranched alkanes of at least 4 members (excludes halogenated alkanes) is 1. The number of imidazole rings is 1. The molecule has 3 heterocycles. The van der Waals surface area contributed by atoms with Crippen LogP contribution in [-0.4, -0.2) is 34.7 Å². The number of nitrogens with zero attached hydrogens (tertiary/aromatic N) is 6. The van der Waals surface area contributed by atoms with Crippen LogP contribution in [0.3, 0.4) is 0 Å². The van der Waals surface area contributed by atoms with Gasteiger partial charge in [-0.1, -0.05) is 66.9 Å². The fraction of sp³-hybridized carbons (Fsp3) is 0.222. The monoisotopic (exact) mass is 533 g/mol. The Morgan fingerprint density at radius 1 is 0.973 bits per heavy atom. The molecule has 0 saturated heterocycles. The lowest BCUT2D eigenvalue weighted by atomic mass is 10.00. The summed E-state index contributed by atoms with van der Waals surface area (Å²) in [5.41, 5.74) is 5.28. The molecular formula is C27H25Cl2N7O. The molecule has 0 radical (unpaired) electrons. The molecule has 0 spiro atoms. The van der Waals surface area contributed by atoms with Crippen LogP contribution >= 0.6 is 23.2 Å². The van der Waals surface area contributed by atoms with Crippen LogP contribution in [-0.2, 0) is 19.4 Å². The lowest BCUT2D eigenvalue weighted by molar-refractivity contribution is 0.619. The van der Waals surface area contributed by atoms with Crippen molar-refractivity contribution in [2.24, 2.45) is 0 Å². The van der Waals surface area contributed by atoms with Crippen molar-refractivity contribution < 1.29 is 0 Å². The predicted octanol–water partition coefficient (Wildman–Crippen LogP) is 5.77. The molecule has 0 aliphatic carbocycles. The van der Waals surface area contributed by atoms with Crippen LogP contribution in [0.5, 0.6) is 0 Å². The Balaban J connectivity index is 1.40. The van der Waals surface area contributed by atoms with Gasteiger partial charge in [0.2, 0.25) is 0 Å². The van der Waals surface area contributed by atoms with Gasteiger partial charge in [-0.25, -0.2) is 9.89 Å². The second-order valence-electron chi connectivity index (χ2n) is 8.72. The fourth-order valence-corrected chi connectivity index (χ4v) is 4.98. The van der Waals surface area contributed by atoms with E-state index in [1.165, 1.54) is 0 Å². The first kappa shape index (κ1) is 24.9. The molecule has 2 aromatic carbocycles. The van der Waals surface area contributed by atoms with Crippen LogP contribution in [0.15, 0.2) is 71.9 Å². The highest BCUT2D eigenvalue weighted by molar-refractivity contribution is 6.37. The normalized spacial score (nSPS) is 11.2. The Kier molecular flexibility index (Phi) is 7.48. The first-order valence-electron chi connectivity index (χ1n) is 12.1. The number of tetrazole rings is 1. The minimum atomic E-state index is -0.140. The summed E-state index contributed by atoms with van der Waals surface area (Å²) in [4.78, 5) is 17.7. The van der Waals surface area contributed by atoms with Gasteiger partial charge in [-0.3, -0.25) is 14.1 Å². The van der Waals surface area contributed by atoms with E-state index in [0.29, 0.717) is 34.5 Å². The Morgan fingerprint density at radius 2 is 1.76 bits per heavy atom. The number of H-pyrrole nitrogens is 1. The van der Waals surface area contributed by atoms with E-state index in [2.05, 4.69) is 56.8 Å². The van der Waals surface area contributed by atoms with Crippen LogP contribution in [0, 0.1) is 0 Å². The van der Waals surface area contributed by atoms with Crippen molar-refractivity contribution in [3.05, 3.63) is 98.9 Å². The molecule has 0 atom stereocenters. The Morgan fingerprint density at radius 3 is 2.46 bits per heavy atom. The van der Waals surface area contributed by atoms with E-state index in [4.69, 9.17) is 23.2 Å². The van der Waals surface area contributed by atoms with Gasteiger partial charge in [0.25, 0.3) is 0 Å². The second-order valence-corrected chi connectivity index (χ2v) is 9.53. The van der Waals surface area contributed by atoms with Crippen LogP contribution in [0.4, 0.5) is 0 Å². The lowest BCUT2D eigenvalue weighted by Crippen LogP contribution is -2.25. The van der Waals surface area contributed by atoms with Crippen LogP contribution in [0.1, 0.15) is 31.0 Å². The highest BCUT2D eigenvalue weighted by Gasteiger charge is 2.17. The minimum absolute atomic E-state index is 0.140. The van der Waals surface area contributed by atoms with E-state index in [9.17, 15) is 4.79 Å². The van der Waals surface area contributed by atoms with Gasteiger partial charge in [-0.2, -0.15) is 0 Å². The van der Waals surface area contributed by atoms with Crippen molar-refractivity contribution in [1.29, 1.82) is 0 Å². The average Bonchev–Trinajstić information content (AvgIpc) is 3.55. The van der Waals surface area contributed by atoms with Crippen molar-refractivity contribution in [3.63, 3.8) is 0 Å². The van der Waals surface area contributed by atoms with Crippen molar-refractivity contribution in [2.75, 3.05) is 0 Å². The summed E-state index contributed by atoms with van der Waals surface area (Å²) in [6, 6.07) is 15.4. The highest BCUT2D eigenvalue weighted by atomic mass is 35.5. The summed E-state index contributed by atoms with van der Waals surface area (Å²) in [6.45, 7) is 2.69. The number of para-hydroxylation sites is 1. The number of halogens is 2. The van der Waals surface area contributed by atoms with Crippen molar-refractivity contribution in [2.45, 2.75) is 39.2 Å². The van der Waals surface area contributed by atoms with Gasteiger partial charge in [0, 0.05) is 42.0 Å². The van der Waals surface area contributed by atoms with Gasteiger partial charge in [0.1, 0.15) is 0 Å². The molecule has 0 aliphatic rings. The van der Waals surface area contributed by atoms with Gasteiger partial charge < -0.3 is 0 Å². The largest absolute Gasteiger partial charge is 0.333 e. The standard InChI is InChI=1S/C27H25Cl2N7O/c1-2-3-5-20-17-36(25-23(28)6-4-7-24(25)29)27(37)35(20)15-13-18-8-10-19(11-9-18)22-16-30-14-12-21(22)26-31-33-34-32-26/h4,6-12,14,16-17H,2-3,5,13,15H2,1H3,(H,31,32,33,34). The number of pyridine rings is 1. The van der Waals surface area contributed by atoms with E-state index < -0.39 is 0 Å². The van der Waals surface area contributed by atoms with E-state index in [1.807, 2.05) is 16.8 Å². The molecule has 0 amide bonds. The predicted molar refractivity (Wildman–Crippen MR) is 145 cm³/mol. The van der Waals surface area contributed by atoms with E-state index in [0.717, 1.165) is 47.2 Å². The van der Waals surface area contributed by atoms with Gasteiger partial charge >= 0.3 is 5.69 Å². The fourth-order valence-electron chi connectivity index (χ4n) is 4.40. The molecule has 0 bridgehead atoms. The molecule has 10 heteroatoms. The first-order chi connectivity index (χ1) is 18.1. The van der Waals surface area contributed by atoms with Gasteiger partial charge in [-0.15, -0.1) is 5.10 Å². The number of hydrogen-bond donors (Lipinski definition) is 1. The zero-order valence-corrected chi connectivity index (χ0v) is 21.7. The molecule has 188 valence electrons. The molecular weight excluding hydrogens is 509 g/mol. The SMILES string of the molecule is CCCCc1cn(-c2c(Cl)cccc2Cl)c(=O)n1CCc1ccc(-c2cnccc2-c2nnn[nH]2)cc1. The third-order valence-electron chi connectivity index (χ3n) is 6.34. The summed E-state index contributed by atoms with van der Waals surface area (Å²) in [6.07, 6.45) is 8.92. The number of aromatic nitrogens is 7. The highest BCUT2D eigenvalue weighted by Crippen LogP contribution is 2.30. The maximum Gasteiger partial charge on any atom is 0.333 e. The second kappa shape index (κ2) is 11.1. The Labute approximate surface area is 223 Å². The van der Waals surface area contributed by atoms with Gasteiger partial charge in [0.05, 0.1) is 15.7 Å². The number of benzene rings is 2. The minimum Gasteiger partial charge on any atom is -0.296 e. The summed E-state index contributed by atoms with van der Waals surface area (Å²) >= 11 is 12.8. The van der Waals surface area contributed by atoms with Gasteiger partial charge in [0.15, 0.2) is 5.82 Å². The third-order valence-corrected chi connectivity index (χ3v) is 6.95. The lowest BCUT2D eigenvalue weighted by Gasteiger charge is -2.09. The van der Waals surface area contributed by atoms with Crippen molar-refractivity contribution >= 4 is 23.2 Å². The van der Waals surface area contributed by atoms with Crippen molar-refractivity contribution in [1.82, 2.24) is 34.7 Å². The molecule has 5 aromatic rings. The van der Waals surface area contributed by atoms with E-state index in [-0.39, 0.29) is 5.69 Å². The molecule has 5 rings (SSSR count). The number of aromatic amines is 1. The maximum atomic E-state index is 13.5. The zero-order valence-electron chi connectivity index (χ0n) is 20.2. The Hall–Kier alpha value is -3.75.